The molecule has 0 bridgehead atoms. The second-order valence-electron chi connectivity index (χ2n) is 5.92. The summed E-state index contributed by atoms with van der Waals surface area (Å²) in [5, 5.41) is 10.9. The number of aliphatic hydroxyl groups excluding tert-OH is 1. The summed E-state index contributed by atoms with van der Waals surface area (Å²) in [5.74, 6) is 0.954. The van der Waals surface area contributed by atoms with Gasteiger partial charge in [0, 0.05) is 5.92 Å². The molecule has 1 aliphatic heterocycles. The molecule has 2 aromatic rings. The predicted octanol–water partition coefficient (Wildman–Crippen LogP) is 3.81. The Morgan fingerprint density at radius 1 is 1.19 bits per heavy atom. The van der Waals surface area contributed by atoms with Crippen LogP contribution in [0.5, 0.6) is 17.2 Å². The van der Waals surface area contributed by atoms with Crippen LogP contribution in [-0.2, 0) is 4.74 Å². The number of fused-ring (bicyclic) bond motifs is 1. The van der Waals surface area contributed by atoms with Crippen LogP contribution in [-0.4, -0.2) is 32.1 Å². The Balaban J connectivity index is 1.97. The van der Waals surface area contributed by atoms with Crippen molar-refractivity contribution in [3.8, 4) is 17.2 Å². The average Bonchev–Trinajstić information content (AvgIpc) is 3.14. The molecule has 6 nitrogen and oxygen atoms in total. The van der Waals surface area contributed by atoms with Gasteiger partial charge in [0.2, 0.25) is 6.79 Å². The van der Waals surface area contributed by atoms with Crippen LogP contribution in [0.3, 0.4) is 0 Å². The third-order valence-corrected chi connectivity index (χ3v) is 5.26. The average molecular weight is 423 g/mol. The lowest BCUT2D eigenvalue weighted by Gasteiger charge is -2.22. The first-order chi connectivity index (χ1) is 12.5. The highest BCUT2D eigenvalue weighted by atomic mass is 79.9. The molecular weight excluding hydrogens is 404 g/mol. The third kappa shape index (κ3) is 3.37. The maximum atomic E-state index is 11.9. The predicted molar refractivity (Wildman–Crippen MR) is 98.0 cm³/mol. The fraction of sp³-hybridized carbons (Fsp3) is 0.316. The molecule has 0 spiro atoms. The van der Waals surface area contributed by atoms with Gasteiger partial charge in [0.1, 0.15) is 5.75 Å². The number of esters is 1. The molecule has 1 aliphatic rings. The quantitative estimate of drug-likeness (QED) is 0.738. The second kappa shape index (κ2) is 7.55. The zero-order valence-electron chi connectivity index (χ0n) is 14.6. The summed E-state index contributed by atoms with van der Waals surface area (Å²) in [5.41, 5.74) is 1.78. The van der Waals surface area contributed by atoms with E-state index in [2.05, 4.69) is 15.9 Å². The standard InChI is InChI=1S/C19H19BrO6/c1-10(18(21)11-4-5-14-15(7-11)26-9-25-14)13-6-12(19(22)24-3)8-16(23-2)17(13)20/h4-8,10,18,21H,9H2,1-3H3. The summed E-state index contributed by atoms with van der Waals surface area (Å²) in [6, 6.07) is 8.62. The summed E-state index contributed by atoms with van der Waals surface area (Å²) in [6.45, 7) is 2.05. The molecule has 0 amide bonds. The van der Waals surface area contributed by atoms with E-state index in [0.29, 0.717) is 32.8 Å². The number of benzene rings is 2. The lowest BCUT2D eigenvalue weighted by atomic mass is 9.89. The fourth-order valence-electron chi connectivity index (χ4n) is 2.89. The van der Waals surface area contributed by atoms with Crippen LogP contribution in [0, 0.1) is 0 Å². The van der Waals surface area contributed by atoms with E-state index in [-0.39, 0.29) is 12.7 Å². The van der Waals surface area contributed by atoms with Crippen molar-refractivity contribution >= 4 is 21.9 Å². The van der Waals surface area contributed by atoms with E-state index in [0.717, 1.165) is 5.56 Å². The maximum Gasteiger partial charge on any atom is 0.337 e. The van der Waals surface area contributed by atoms with E-state index in [9.17, 15) is 9.90 Å². The Hall–Kier alpha value is -2.25. The van der Waals surface area contributed by atoms with Crippen molar-refractivity contribution in [2.45, 2.75) is 18.9 Å². The smallest absolute Gasteiger partial charge is 0.337 e. The van der Waals surface area contributed by atoms with Gasteiger partial charge < -0.3 is 24.1 Å². The van der Waals surface area contributed by atoms with Crippen LogP contribution in [0.4, 0.5) is 0 Å². The highest BCUT2D eigenvalue weighted by Gasteiger charge is 2.26. The van der Waals surface area contributed by atoms with Crippen LogP contribution >= 0.6 is 15.9 Å². The zero-order chi connectivity index (χ0) is 18.8. The summed E-state index contributed by atoms with van der Waals surface area (Å²) >= 11 is 3.50. The summed E-state index contributed by atoms with van der Waals surface area (Å²) in [7, 11) is 2.84. The van der Waals surface area contributed by atoms with Crippen LogP contribution < -0.4 is 14.2 Å². The Morgan fingerprint density at radius 2 is 1.92 bits per heavy atom. The van der Waals surface area contributed by atoms with E-state index < -0.39 is 12.1 Å². The molecular formula is C19H19BrO6. The number of hydrogen-bond acceptors (Lipinski definition) is 6. The number of aliphatic hydroxyl groups is 1. The topological polar surface area (TPSA) is 74.2 Å². The molecule has 2 aromatic carbocycles. The number of hydrogen-bond donors (Lipinski definition) is 1. The van der Waals surface area contributed by atoms with Crippen molar-refractivity contribution in [3.63, 3.8) is 0 Å². The first-order valence-electron chi connectivity index (χ1n) is 7.99. The van der Waals surface area contributed by atoms with E-state index >= 15 is 0 Å². The van der Waals surface area contributed by atoms with Crippen LogP contribution in [0.15, 0.2) is 34.8 Å². The molecule has 2 atom stereocenters. The zero-order valence-corrected chi connectivity index (χ0v) is 16.2. The van der Waals surface area contributed by atoms with Gasteiger partial charge in [0.25, 0.3) is 0 Å². The number of rotatable bonds is 5. The molecule has 0 aliphatic carbocycles. The van der Waals surface area contributed by atoms with Crippen molar-refractivity contribution in [1.82, 2.24) is 0 Å². The Bertz CT molecular complexity index is 835. The molecule has 0 saturated carbocycles. The van der Waals surface area contributed by atoms with Crippen molar-refractivity contribution < 1.29 is 28.8 Å². The first-order valence-corrected chi connectivity index (χ1v) is 8.79. The lowest BCUT2D eigenvalue weighted by Crippen LogP contribution is -2.11. The number of carbonyl (C=O) groups excluding carboxylic acids is 1. The highest BCUT2D eigenvalue weighted by Crippen LogP contribution is 2.42. The molecule has 1 heterocycles. The van der Waals surface area contributed by atoms with Gasteiger partial charge in [-0.1, -0.05) is 13.0 Å². The van der Waals surface area contributed by atoms with E-state index in [1.54, 1.807) is 30.3 Å². The minimum Gasteiger partial charge on any atom is -0.496 e. The second-order valence-corrected chi connectivity index (χ2v) is 6.71. The molecule has 2 unspecified atom stereocenters. The van der Waals surface area contributed by atoms with Crippen LogP contribution in [0.1, 0.15) is 40.4 Å². The van der Waals surface area contributed by atoms with Crippen molar-refractivity contribution in [3.05, 3.63) is 51.5 Å². The molecule has 0 aromatic heterocycles. The van der Waals surface area contributed by atoms with E-state index in [1.165, 1.54) is 14.2 Å². The minimum absolute atomic E-state index is 0.175. The van der Waals surface area contributed by atoms with Gasteiger partial charge >= 0.3 is 5.97 Å². The lowest BCUT2D eigenvalue weighted by molar-refractivity contribution is 0.0599. The number of methoxy groups -OCH3 is 2. The van der Waals surface area contributed by atoms with Crippen LogP contribution in [0.2, 0.25) is 0 Å². The highest BCUT2D eigenvalue weighted by molar-refractivity contribution is 9.10. The van der Waals surface area contributed by atoms with Gasteiger partial charge in [0.05, 0.1) is 30.4 Å². The Morgan fingerprint density at radius 3 is 2.62 bits per heavy atom. The third-order valence-electron chi connectivity index (χ3n) is 4.41. The fourth-order valence-corrected chi connectivity index (χ4v) is 3.64. The normalized spacial score (nSPS) is 14.7. The van der Waals surface area contributed by atoms with Crippen molar-refractivity contribution in [1.29, 1.82) is 0 Å². The first kappa shape index (κ1) is 18.5. The van der Waals surface area contributed by atoms with Gasteiger partial charge in [-0.2, -0.15) is 0 Å². The molecule has 7 heteroatoms. The van der Waals surface area contributed by atoms with Crippen molar-refractivity contribution in [2.75, 3.05) is 21.0 Å². The SMILES string of the molecule is COC(=O)c1cc(OC)c(Br)c(C(C)C(O)c2ccc3c(c2)OCO3)c1. The summed E-state index contributed by atoms with van der Waals surface area (Å²) in [4.78, 5) is 11.9. The van der Waals surface area contributed by atoms with Gasteiger partial charge in [-0.05, 0) is 51.3 Å². The number of ether oxygens (including phenoxy) is 4. The van der Waals surface area contributed by atoms with Gasteiger partial charge in [-0.3, -0.25) is 0 Å². The monoisotopic (exact) mass is 422 g/mol. The van der Waals surface area contributed by atoms with Crippen LogP contribution in [0.25, 0.3) is 0 Å². The van der Waals surface area contributed by atoms with Gasteiger partial charge in [-0.25, -0.2) is 4.79 Å². The molecule has 26 heavy (non-hydrogen) atoms. The van der Waals surface area contributed by atoms with Gasteiger partial charge in [-0.15, -0.1) is 0 Å². The molecule has 1 N–H and O–H groups in total. The minimum atomic E-state index is -0.821. The molecule has 0 saturated heterocycles. The van der Waals surface area contributed by atoms with E-state index in [4.69, 9.17) is 18.9 Å². The summed E-state index contributed by atoms with van der Waals surface area (Å²) < 4.78 is 21.5. The van der Waals surface area contributed by atoms with Gasteiger partial charge in [0.15, 0.2) is 11.5 Å². The Labute approximate surface area is 159 Å². The molecule has 138 valence electrons. The molecule has 0 fully saturated rings. The number of halogens is 1. The Kier molecular flexibility index (Phi) is 5.38. The van der Waals surface area contributed by atoms with E-state index in [1.807, 2.05) is 6.92 Å². The number of carbonyl (C=O) groups is 1. The maximum absolute atomic E-state index is 11.9. The largest absolute Gasteiger partial charge is 0.496 e. The van der Waals surface area contributed by atoms with Crippen molar-refractivity contribution in [2.24, 2.45) is 0 Å². The molecule has 3 rings (SSSR count). The summed E-state index contributed by atoms with van der Waals surface area (Å²) in [6.07, 6.45) is -0.821. The molecule has 0 radical (unpaired) electrons.